The molecule has 0 unspecified atom stereocenters. The third-order valence-corrected chi connectivity index (χ3v) is 5.00. The average molecular weight is 385 g/mol. The van der Waals surface area contributed by atoms with E-state index in [0.717, 1.165) is 23.5 Å². The number of nitriles is 1. The van der Waals surface area contributed by atoms with Crippen LogP contribution >= 0.6 is 11.3 Å². The maximum atomic E-state index is 12.5. The lowest BCUT2D eigenvalue weighted by molar-refractivity contribution is -0.112. The molecule has 0 spiro atoms. The number of anilines is 1. The van der Waals surface area contributed by atoms with Gasteiger partial charge in [0.15, 0.2) is 0 Å². The summed E-state index contributed by atoms with van der Waals surface area (Å²) in [6.45, 7) is 9.14. The van der Waals surface area contributed by atoms with Gasteiger partial charge in [-0.1, -0.05) is 13.8 Å². The first kappa shape index (κ1) is 20.5. The Morgan fingerprint density at radius 3 is 2.70 bits per heavy atom. The van der Waals surface area contributed by atoms with Crippen molar-refractivity contribution in [2.24, 2.45) is 5.92 Å². The Balaban J connectivity index is 2.30. The monoisotopic (exact) mass is 385 g/mol. The van der Waals surface area contributed by atoms with Crippen molar-refractivity contribution >= 4 is 35.0 Å². The lowest BCUT2D eigenvalue weighted by Gasteiger charge is -2.12. The number of aryl methyl sites for hydroxylation is 1. The lowest BCUT2D eigenvalue weighted by atomic mass is 10.1. The summed E-state index contributed by atoms with van der Waals surface area (Å²) in [7, 11) is 1.28. The average Bonchev–Trinajstić information content (AvgIpc) is 3.18. The first-order valence-electron chi connectivity index (χ1n) is 8.54. The van der Waals surface area contributed by atoms with Gasteiger partial charge in [0, 0.05) is 17.9 Å². The van der Waals surface area contributed by atoms with E-state index in [1.165, 1.54) is 18.4 Å². The number of ether oxygens (including phenoxy) is 1. The van der Waals surface area contributed by atoms with Crippen LogP contribution in [0, 0.1) is 31.1 Å². The Kier molecular flexibility index (Phi) is 6.59. The molecule has 2 aromatic heterocycles. The number of hydrogen-bond donors (Lipinski definition) is 1. The second-order valence-electron chi connectivity index (χ2n) is 6.61. The second-order valence-corrected chi connectivity index (χ2v) is 7.53. The minimum Gasteiger partial charge on any atom is -0.465 e. The molecule has 0 aliphatic heterocycles. The SMILES string of the molecule is COC(=O)c1sccc1NC(=O)/C(C#N)=C\c1cc(C)n(CC(C)C)c1C. The van der Waals surface area contributed by atoms with E-state index < -0.39 is 11.9 Å². The van der Waals surface area contributed by atoms with E-state index in [9.17, 15) is 14.9 Å². The number of carbonyl (C=O) groups is 2. The van der Waals surface area contributed by atoms with Gasteiger partial charge in [-0.05, 0) is 48.9 Å². The zero-order valence-corrected chi connectivity index (χ0v) is 16.9. The van der Waals surface area contributed by atoms with Crippen molar-refractivity contribution in [3.05, 3.63) is 44.9 Å². The van der Waals surface area contributed by atoms with E-state index in [4.69, 9.17) is 4.74 Å². The summed E-state index contributed by atoms with van der Waals surface area (Å²) in [5.41, 5.74) is 3.23. The van der Waals surface area contributed by atoms with E-state index >= 15 is 0 Å². The number of methoxy groups -OCH3 is 1. The van der Waals surface area contributed by atoms with E-state index in [-0.39, 0.29) is 5.57 Å². The molecule has 7 heteroatoms. The van der Waals surface area contributed by atoms with Crippen LogP contribution in [0.1, 0.15) is 40.5 Å². The molecule has 142 valence electrons. The standard InChI is InChI=1S/C20H23N3O3S/c1-12(2)11-23-13(3)8-15(14(23)4)9-16(10-21)19(24)22-17-6-7-27-18(17)20(25)26-5/h6-9,12H,11H2,1-5H3,(H,22,24)/b16-9-. The maximum Gasteiger partial charge on any atom is 0.350 e. The van der Waals surface area contributed by atoms with Crippen molar-refractivity contribution < 1.29 is 14.3 Å². The van der Waals surface area contributed by atoms with Crippen LogP contribution in [0.5, 0.6) is 0 Å². The molecule has 2 rings (SSSR count). The molecule has 0 aliphatic rings. The summed E-state index contributed by atoms with van der Waals surface area (Å²) in [5.74, 6) is -0.601. The fourth-order valence-electron chi connectivity index (χ4n) is 2.77. The molecule has 0 aliphatic carbocycles. The highest BCUT2D eigenvalue weighted by Gasteiger charge is 2.18. The second kappa shape index (κ2) is 8.69. The Labute approximate surface area is 163 Å². The first-order valence-corrected chi connectivity index (χ1v) is 9.42. The minimum atomic E-state index is -0.560. The van der Waals surface area contributed by atoms with E-state index in [2.05, 4.69) is 23.7 Å². The summed E-state index contributed by atoms with van der Waals surface area (Å²) in [6, 6.07) is 5.52. The van der Waals surface area contributed by atoms with Gasteiger partial charge in [0.05, 0.1) is 12.8 Å². The number of esters is 1. The quantitative estimate of drug-likeness (QED) is 0.460. The molecule has 0 radical (unpaired) electrons. The lowest BCUT2D eigenvalue weighted by Crippen LogP contribution is -2.15. The van der Waals surface area contributed by atoms with Crippen LogP contribution in [0.2, 0.25) is 0 Å². The van der Waals surface area contributed by atoms with Crippen molar-refractivity contribution in [1.82, 2.24) is 4.57 Å². The number of aromatic nitrogens is 1. The number of amides is 1. The normalized spacial score (nSPS) is 11.4. The molecule has 0 saturated carbocycles. The highest BCUT2D eigenvalue weighted by atomic mass is 32.1. The van der Waals surface area contributed by atoms with Gasteiger partial charge in [0.25, 0.3) is 5.91 Å². The van der Waals surface area contributed by atoms with Crippen LogP contribution in [-0.4, -0.2) is 23.6 Å². The number of thiophene rings is 1. The molecule has 0 fully saturated rings. The van der Waals surface area contributed by atoms with Gasteiger partial charge >= 0.3 is 5.97 Å². The van der Waals surface area contributed by atoms with Crippen LogP contribution in [0.4, 0.5) is 5.69 Å². The van der Waals surface area contributed by atoms with E-state index in [1.54, 1.807) is 17.5 Å². The molecule has 0 aromatic carbocycles. The van der Waals surface area contributed by atoms with Gasteiger partial charge in [-0.15, -0.1) is 11.3 Å². The fourth-order valence-corrected chi connectivity index (χ4v) is 3.54. The summed E-state index contributed by atoms with van der Waals surface area (Å²) in [6.07, 6.45) is 1.58. The molecule has 27 heavy (non-hydrogen) atoms. The molecule has 0 atom stereocenters. The molecular weight excluding hydrogens is 362 g/mol. The molecule has 2 heterocycles. The molecule has 1 amide bonds. The topological polar surface area (TPSA) is 84.1 Å². The fraction of sp³-hybridized carbons (Fsp3) is 0.350. The van der Waals surface area contributed by atoms with Gasteiger partial charge in [-0.2, -0.15) is 5.26 Å². The van der Waals surface area contributed by atoms with Gasteiger partial charge < -0.3 is 14.6 Å². The number of carbonyl (C=O) groups excluding carboxylic acids is 2. The predicted molar refractivity (Wildman–Crippen MR) is 107 cm³/mol. The van der Waals surface area contributed by atoms with E-state index in [1.807, 2.05) is 26.0 Å². The molecule has 6 nitrogen and oxygen atoms in total. The molecule has 0 bridgehead atoms. The number of rotatable bonds is 6. The van der Waals surface area contributed by atoms with E-state index in [0.29, 0.717) is 16.5 Å². The zero-order chi connectivity index (χ0) is 20.1. The van der Waals surface area contributed by atoms with Crippen molar-refractivity contribution in [3.63, 3.8) is 0 Å². The highest BCUT2D eigenvalue weighted by Crippen LogP contribution is 2.24. The van der Waals surface area contributed by atoms with Crippen LogP contribution < -0.4 is 5.32 Å². The molecule has 0 saturated heterocycles. The summed E-state index contributed by atoms with van der Waals surface area (Å²) in [4.78, 5) is 24.6. The molecule has 1 N–H and O–H groups in total. The third kappa shape index (κ3) is 4.66. The van der Waals surface area contributed by atoms with Gasteiger partial charge in [-0.25, -0.2) is 4.79 Å². The Bertz CT molecular complexity index is 929. The largest absolute Gasteiger partial charge is 0.465 e. The van der Waals surface area contributed by atoms with Crippen molar-refractivity contribution in [2.75, 3.05) is 12.4 Å². The molecule has 2 aromatic rings. The molecular formula is C20H23N3O3S. The predicted octanol–water partition coefficient (Wildman–Crippen LogP) is 4.15. The summed E-state index contributed by atoms with van der Waals surface area (Å²) >= 11 is 1.17. The van der Waals surface area contributed by atoms with Gasteiger partial charge in [-0.3, -0.25) is 4.79 Å². The number of hydrogen-bond acceptors (Lipinski definition) is 5. The van der Waals surface area contributed by atoms with Crippen molar-refractivity contribution in [3.8, 4) is 6.07 Å². The van der Waals surface area contributed by atoms with Crippen molar-refractivity contribution in [1.29, 1.82) is 5.26 Å². The first-order chi connectivity index (χ1) is 12.8. The summed E-state index contributed by atoms with van der Waals surface area (Å²) < 4.78 is 6.88. The number of nitrogens with zero attached hydrogens (tertiary/aromatic N) is 2. The van der Waals surface area contributed by atoms with Crippen LogP contribution in [-0.2, 0) is 16.1 Å². The summed E-state index contributed by atoms with van der Waals surface area (Å²) in [5, 5.41) is 13.7. The maximum absolute atomic E-state index is 12.5. The Hall–Kier alpha value is -2.85. The van der Waals surface area contributed by atoms with Gasteiger partial charge in [0.1, 0.15) is 16.5 Å². The smallest absolute Gasteiger partial charge is 0.350 e. The third-order valence-electron chi connectivity index (χ3n) is 4.11. The Morgan fingerprint density at radius 1 is 1.41 bits per heavy atom. The van der Waals surface area contributed by atoms with Crippen LogP contribution in [0.15, 0.2) is 23.1 Å². The zero-order valence-electron chi connectivity index (χ0n) is 16.1. The minimum absolute atomic E-state index is 0.0261. The van der Waals surface area contributed by atoms with Gasteiger partial charge in [0.2, 0.25) is 0 Å². The number of nitrogens with one attached hydrogen (secondary N) is 1. The van der Waals surface area contributed by atoms with Crippen molar-refractivity contribution in [2.45, 2.75) is 34.2 Å². The highest BCUT2D eigenvalue weighted by molar-refractivity contribution is 7.12. The van der Waals surface area contributed by atoms with Crippen LogP contribution in [0.25, 0.3) is 6.08 Å². The Morgan fingerprint density at radius 2 is 2.11 bits per heavy atom. The van der Waals surface area contributed by atoms with Crippen LogP contribution in [0.3, 0.4) is 0 Å².